The lowest BCUT2D eigenvalue weighted by molar-refractivity contribution is -0.138. The van der Waals surface area contributed by atoms with Gasteiger partial charge in [0, 0.05) is 23.2 Å². The molecule has 0 radical (unpaired) electrons. The Bertz CT molecular complexity index is 795. The second kappa shape index (κ2) is 5.44. The number of carboxylic acid groups (broad SMARTS) is 1. The molecule has 0 spiro atoms. The molecule has 0 aromatic heterocycles. The summed E-state index contributed by atoms with van der Waals surface area (Å²) in [6.45, 7) is 0. The van der Waals surface area contributed by atoms with Gasteiger partial charge in [-0.1, -0.05) is 30.3 Å². The highest BCUT2D eigenvalue weighted by molar-refractivity contribution is 6.22. The predicted molar refractivity (Wildman–Crippen MR) is 80.8 cm³/mol. The quantitative estimate of drug-likeness (QED) is 0.775. The molecule has 110 valence electrons. The summed E-state index contributed by atoms with van der Waals surface area (Å²) >= 11 is 0. The maximum atomic E-state index is 12.4. The van der Waals surface area contributed by atoms with Crippen LogP contribution in [0.4, 0.5) is 5.69 Å². The minimum absolute atomic E-state index is 0.0627. The SMILES string of the molecule is O=C(O)CCC(=O)Nc1ccc2c(c1)C(=O)c1ccccc1-2. The normalized spacial score (nSPS) is 11.7. The molecule has 0 aliphatic heterocycles. The molecule has 0 heterocycles. The highest BCUT2D eigenvalue weighted by Gasteiger charge is 2.26. The van der Waals surface area contributed by atoms with Gasteiger partial charge in [-0.3, -0.25) is 14.4 Å². The maximum absolute atomic E-state index is 12.4. The van der Waals surface area contributed by atoms with Crippen LogP contribution in [0.2, 0.25) is 0 Å². The van der Waals surface area contributed by atoms with Crippen LogP contribution >= 0.6 is 0 Å². The molecule has 2 aromatic rings. The van der Waals surface area contributed by atoms with Crippen molar-refractivity contribution < 1.29 is 19.5 Å². The highest BCUT2D eigenvalue weighted by atomic mass is 16.4. The van der Waals surface area contributed by atoms with Crippen molar-refractivity contribution in [2.45, 2.75) is 12.8 Å². The fraction of sp³-hybridized carbons (Fsp3) is 0.118. The van der Waals surface area contributed by atoms with Crippen LogP contribution < -0.4 is 5.32 Å². The number of amides is 1. The van der Waals surface area contributed by atoms with Gasteiger partial charge in [-0.2, -0.15) is 0 Å². The van der Waals surface area contributed by atoms with E-state index < -0.39 is 5.97 Å². The number of hydrogen-bond acceptors (Lipinski definition) is 3. The van der Waals surface area contributed by atoms with Crippen molar-refractivity contribution >= 4 is 23.3 Å². The first-order valence-corrected chi connectivity index (χ1v) is 6.86. The average Bonchev–Trinajstić information content (AvgIpc) is 2.79. The van der Waals surface area contributed by atoms with Crippen molar-refractivity contribution in [1.29, 1.82) is 0 Å². The number of rotatable bonds is 4. The zero-order chi connectivity index (χ0) is 15.7. The first-order chi connectivity index (χ1) is 10.6. The lowest BCUT2D eigenvalue weighted by atomic mass is 10.1. The van der Waals surface area contributed by atoms with Gasteiger partial charge in [0.2, 0.25) is 5.91 Å². The Labute approximate surface area is 126 Å². The molecule has 2 N–H and O–H groups in total. The summed E-state index contributed by atoms with van der Waals surface area (Å²) in [5, 5.41) is 11.2. The van der Waals surface area contributed by atoms with E-state index in [0.29, 0.717) is 16.8 Å². The van der Waals surface area contributed by atoms with Crippen LogP contribution in [-0.4, -0.2) is 22.8 Å². The summed E-state index contributed by atoms with van der Waals surface area (Å²) in [7, 11) is 0. The molecule has 5 heteroatoms. The highest BCUT2D eigenvalue weighted by Crippen LogP contribution is 2.37. The van der Waals surface area contributed by atoms with Gasteiger partial charge < -0.3 is 10.4 Å². The second-order valence-electron chi connectivity index (χ2n) is 5.08. The fourth-order valence-corrected chi connectivity index (χ4v) is 2.55. The van der Waals surface area contributed by atoms with E-state index in [1.165, 1.54) is 0 Å². The maximum Gasteiger partial charge on any atom is 0.303 e. The van der Waals surface area contributed by atoms with E-state index in [9.17, 15) is 14.4 Å². The topological polar surface area (TPSA) is 83.5 Å². The second-order valence-corrected chi connectivity index (χ2v) is 5.08. The van der Waals surface area contributed by atoms with Crippen molar-refractivity contribution in [3.63, 3.8) is 0 Å². The minimum Gasteiger partial charge on any atom is -0.481 e. The van der Waals surface area contributed by atoms with E-state index in [1.807, 2.05) is 18.2 Å². The van der Waals surface area contributed by atoms with Crippen molar-refractivity contribution in [3.8, 4) is 11.1 Å². The molecular weight excluding hydrogens is 282 g/mol. The van der Waals surface area contributed by atoms with Crippen molar-refractivity contribution in [2.24, 2.45) is 0 Å². The Morgan fingerprint density at radius 3 is 2.32 bits per heavy atom. The molecule has 0 saturated carbocycles. The minimum atomic E-state index is -1.02. The van der Waals surface area contributed by atoms with E-state index in [0.717, 1.165) is 11.1 Å². The van der Waals surface area contributed by atoms with Gasteiger partial charge in [0.15, 0.2) is 5.78 Å². The van der Waals surface area contributed by atoms with Crippen molar-refractivity contribution in [3.05, 3.63) is 53.6 Å². The molecule has 0 fully saturated rings. The molecule has 1 amide bonds. The summed E-state index contributed by atoms with van der Waals surface area (Å²) in [6.07, 6.45) is -0.318. The Morgan fingerprint density at radius 1 is 0.909 bits per heavy atom. The number of ketones is 1. The third-order valence-electron chi connectivity index (χ3n) is 3.58. The number of aliphatic carboxylic acids is 1. The van der Waals surface area contributed by atoms with Gasteiger partial charge in [0.1, 0.15) is 0 Å². The predicted octanol–water partition coefficient (Wildman–Crippen LogP) is 2.70. The zero-order valence-electron chi connectivity index (χ0n) is 11.6. The number of fused-ring (bicyclic) bond motifs is 3. The summed E-state index contributed by atoms with van der Waals surface area (Å²) in [5.41, 5.74) is 3.45. The molecule has 2 aromatic carbocycles. The van der Waals surface area contributed by atoms with Crippen LogP contribution in [0.3, 0.4) is 0 Å². The molecule has 1 aliphatic rings. The molecular formula is C17H13NO4. The lowest BCUT2D eigenvalue weighted by Crippen LogP contribution is -2.13. The Hall–Kier alpha value is -2.95. The van der Waals surface area contributed by atoms with Gasteiger partial charge in [-0.15, -0.1) is 0 Å². The van der Waals surface area contributed by atoms with Gasteiger partial charge in [-0.05, 0) is 23.3 Å². The molecule has 3 rings (SSSR count). The molecule has 0 saturated heterocycles. The smallest absolute Gasteiger partial charge is 0.303 e. The van der Waals surface area contributed by atoms with Crippen LogP contribution in [0.5, 0.6) is 0 Å². The van der Waals surface area contributed by atoms with E-state index in [-0.39, 0.29) is 24.5 Å². The standard InChI is InChI=1S/C17H13NO4/c19-15(7-8-16(20)21)18-10-5-6-12-11-3-1-2-4-13(11)17(22)14(12)9-10/h1-6,9H,7-8H2,(H,18,19)(H,20,21). The Kier molecular flexibility index (Phi) is 3.47. The molecule has 22 heavy (non-hydrogen) atoms. The molecule has 5 nitrogen and oxygen atoms in total. The van der Waals surface area contributed by atoms with E-state index >= 15 is 0 Å². The first-order valence-electron chi connectivity index (χ1n) is 6.86. The van der Waals surface area contributed by atoms with E-state index in [4.69, 9.17) is 5.11 Å². The number of nitrogens with one attached hydrogen (secondary N) is 1. The zero-order valence-corrected chi connectivity index (χ0v) is 11.6. The number of carbonyl (C=O) groups excluding carboxylic acids is 2. The fourth-order valence-electron chi connectivity index (χ4n) is 2.55. The number of carboxylic acids is 1. The van der Waals surface area contributed by atoms with Gasteiger partial charge >= 0.3 is 5.97 Å². The number of anilines is 1. The van der Waals surface area contributed by atoms with Crippen LogP contribution in [0.15, 0.2) is 42.5 Å². The van der Waals surface area contributed by atoms with Gasteiger partial charge in [0.25, 0.3) is 0 Å². The Morgan fingerprint density at radius 2 is 1.59 bits per heavy atom. The van der Waals surface area contributed by atoms with Crippen LogP contribution in [0.1, 0.15) is 28.8 Å². The van der Waals surface area contributed by atoms with Gasteiger partial charge in [0.05, 0.1) is 6.42 Å². The first kappa shape index (κ1) is 14.0. The van der Waals surface area contributed by atoms with E-state index in [2.05, 4.69) is 5.32 Å². The largest absolute Gasteiger partial charge is 0.481 e. The molecule has 0 unspecified atom stereocenters. The van der Waals surface area contributed by atoms with Gasteiger partial charge in [-0.25, -0.2) is 0 Å². The van der Waals surface area contributed by atoms with Crippen LogP contribution in [0, 0.1) is 0 Å². The summed E-state index contributed by atoms with van der Waals surface area (Å²) in [4.78, 5) is 34.5. The third kappa shape index (κ3) is 2.48. The van der Waals surface area contributed by atoms with Crippen LogP contribution in [-0.2, 0) is 9.59 Å². The van der Waals surface area contributed by atoms with Crippen molar-refractivity contribution in [2.75, 3.05) is 5.32 Å². The third-order valence-corrected chi connectivity index (χ3v) is 3.58. The number of benzene rings is 2. The summed E-state index contributed by atoms with van der Waals surface area (Å²) in [5.74, 6) is -1.47. The number of hydrogen-bond donors (Lipinski definition) is 2. The van der Waals surface area contributed by atoms with Crippen molar-refractivity contribution in [1.82, 2.24) is 0 Å². The molecule has 1 aliphatic carbocycles. The molecule has 0 atom stereocenters. The summed E-state index contributed by atoms with van der Waals surface area (Å²) in [6, 6.07) is 12.5. The molecule has 0 bridgehead atoms. The number of carbonyl (C=O) groups is 3. The summed E-state index contributed by atoms with van der Waals surface area (Å²) < 4.78 is 0. The van der Waals surface area contributed by atoms with E-state index in [1.54, 1.807) is 24.3 Å². The monoisotopic (exact) mass is 295 g/mol. The Balaban J connectivity index is 1.83. The lowest BCUT2D eigenvalue weighted by Gasteiger charge is -2.06. The average molecular weight is 295 g/mol. The van der Waals surface area contributed by atoms with Crippen LogP contribution in [0.25, 0.3) is 11.1 Å².